The summed E-state index contributed by atoms with van der Waals surface area (Å²) in [5, 5.41) is 3.10. The van der Waals surface area contributed by atoms with Crippen LogP contribution in [0.3, 0.4) is 0 Å². The van der Waals surface area contributed by atoms with Crippen LogP contribution < -0.4 is 0 Å². The van der Waals surface area contributed by atoms with Crippen molar-refractivity contribution in [1.29, 1.82) is 0 Å². The molecule has 75 heavy (non-hydrogen) atoms. The number of hydrogen-bond acceptors (Lipinski definition) is 9. The van der Waals surface area contributed by atoms with E-state index in [2.05, 4.69) is 84.5 Å². The number of rotatable bonds is 9. The van der Waals surface area contributed by atoms with Gasteiger partial charge in [0.25, 0.3) is 0 Å². The quantitative estimate of drug-likeness (QED) is 0.139. The number of nitrogens with zero attached hydrogens (tertiary/aromatic N) is 12. The van der Waals surface area contributed by atoms with E-state index in [0.717, 1.165) is 50.4 Å². The first-order valence-corrected chi connectivity index (χ1v) is 25.3. The maximum Gasteiger partial charge on any atom is 0.181 e. The summed E-state index contributed by atoms with van der Waals surface area (Å²) < 4.78 is 5.97. The molecule has 0 N–H and O–H groups in total. The van der Waals surface area contributed by atoms with E-state index in [-0.39, 0.29) is 0 Å². The van der Waals surface area contributed by atoms with Gasteiger partial charge in [-0.05, 0) is 143 Å². The van der Waals surface area contributed by atoms with Crippen LogP contribution in [0, 0.1) is 0 Å². The van der Waals surface area contributed by atoms with Crippen molar-refractivity contribution in [3.05, 3.63) is 213 Å². The summed E-state index contributed by atoms with van der Waals surface area (Å²) in [5.74, 6) is 1.75. The van der Waals surface area contributed by atoms with Crippen molar-refractivity contribution in [3.63, 3.8) is 0 Å². The number of imidazole rings is 3. The van der Waals surface area contributed by atoms with Gasteiger partial charge in [0.2, 0.25) is 0 Å². The van der Waals surface area contributed by atoms with Crippen LogP contribution in [0.1, 0.15) is 0 Å². The number of hydrogen-bond donors (Lipinski definition) is 0. The van der Waals surface area contributed by atoms with E-state index in [1.165, 1.54) is 19.0 Å². The highest BCUT2D eigenvalue weighted by molar-refractivity contribution is 6.36. The summed E-state index contributed by atoms with van der Waals surface area (Å²) in [5.41, 5.74) is 14.0. The molecule has 0 amide bonds. The normalized spacial score (nSPS) is 11.6. The molecule has 0 aliphatic carbocycles. The fraction of sp³-hybridized carbons (Fsp3) is 0. The molecule has 0 spiro atoms. The molecule has 360 valence electrons. The van der Waals surface area contributed by atoms with Crippen LogP contribution in [0.5, 0.6) is 0 Å². The molecular weight excluding hydrogens is 1070 g/mol. The van der Waals surface area contributed by atoms with Crippen LogP contribution in [-0.2, 0) is 0 Å². The lowest BCUT2D eigenvalue weighted by Crippen LogP contribution is -1.99. The average molecular weight is 1100 g/mol. The van der Waals surface area contributed by atoms with E-state index in [9.17, 15) is 0 Å². The molecule has 12 nitrogen and oxygen atoms in total. The van der Waals surface area contributed by atoms with Gasteiger partial charge in [-0.1, -0.05) is 106 Å². The third-order valence-corrected chi connectivity index (χ3v) is 14.5. The van der Waals surface area contributed by atoms with Crippen LogP contribution >= 0.6 is 69.6 Å². The van der Waals surface area contributed by atoms with Gasteiger partial charge in [0.15, 0.2) is 16.9 Å². The predicted molar refractivity (Wildman–Crippen MR) is 300 cm³/mol. The second-order valence-electron chi connectivity index (χ2n) is 17.3. The number of halogens is 6. The Kier molecular flexibility index (Phi) is 11.8. The fourth-order valence-corrected chi connectivity index (χ4v) is 10.5. The van der Waals surface area contributed by atoms with E-state index in [4.69, 9.17) is 84.6 Å². The zero-order valence-electron chi connectivity index (χ0n) is 38.5. The lowest BCUT2D eigenvalue weighted by atomic mass is 9.93. The SMILES string of the molecule is Clc1ccc(Cl)c(-c2nc3ncncc3n2-c2ccc(-c3cc(-c4ccc(-n5c(-c6cc(Cl)ccc6Cl)nc6ncncc65)cc4)cc(-c4ccc(-n5c(-c6cc(Cl)ccc6Cl)nc6ncncc65)cc4)c3)cc2)c1. The molecule has 0 saturated carbocycles. The van der Waals surface area contributed by atoms with Crippen molar-refractivity contribution >= 4 is 103 Å². The molecule has 6 aromatic heterocycles. The van der Waals surface area contributed by atoms with E-state index < -0.39 is 0 Å². The molecule has 18 heteroatoms. The first-order chi connectivity index (χ1) is 36.6. The van der Waals surface area contributed by atoms with Gasteiger partial charge in [-0.2, -0.15) is 0 Å². The van der Waals surface area contributed by atoms with Gasteiger partial charge < -0.3 is 0 Å². The smallest absolute Gasteiger partial charge is 0.181 e. The molecule has 0 aliphatic heterocycles. The standard InChI is InChI=1S/C57H30Cl6N12/c58-37-7-16-46(61)43(22-37)55-70-52-49(25-64-28-67-52)73(55)40-10-1-31(2-11-40)34-19-35(32-3-12-41(13-4-32)74-50-26-65-29-68-53(50)71-56(74)44-23-38(59)8-17-47(44)62)21-36(20-34)33-5-14-42(15-6-33)75-51-27-66-30-69-54(51)72-57(75)45-24-39(60)9-18-48(45)63/h1-30H. The Balaban J connectivity index is 0.935. The van der Waals surface area contributed by atoms with Crippen LogP contribution in [0.4, 0.5) is 0 Å². The molecule has 0 aliphatic rings. The molecule has 0 atom stereocenters. The first-order valence-electron chi connectivity index (χ1n) is 23.0. The summed E-state index contributed by atoms with van der Waals surface area (Å²) in [6.07, 6.45) is 9.65. The third kappa shape index (κ3) is 8.51. The molecular formula is C57H30Cl6N12. The monoisotopic (exact) mass is 1090 g/mol. The first kappa shape index (κ1) is 46.7. The van der Waals surface area contributed by atoms with Gasteiger partial charge in [0.1, 0.15) is 53.0 Å². The molecule has 7 aromatic carbocycles. The predicted octanol–water partition coefficient (Wildman–Crippen LogP) is 16.0. The second-order valence-corrected chi connectivity index (χ2v) is 19.9. The number of aromatic nitrogens is 12. The zero-order chi connectivity index (χ0) is 50.9. The van der Waals surface area contributed by atoms with Gasteiger partial charge in [-0.15, -0.1) is 0 Å². The third-order valence-electron chi connectivity index (χ3n) is 12.8. The highest BCUT2D eigenvalue weighted by atomic mass is 35.5. The average Bonchev–Trinajstić information content (AvgIpc) is 4.16. The van der Waals surface area contributed by atoms with E-state index in [1.54, 1.807) is 73.2 Å². The Morgan fingerprint density at radius 2 is 0.573 bits per heavy atom. The van der Waals surface area contributed by atoms with Crippen LogP contribution in [-0.4, -0.2) is 58.6 Å². The van der Waals surface area contributed by atoms with Crippen molar-refractivity contribution in [3.8, 4) is 84.6 Å². The number of benzene rings is 7. The van der Waals surface area contributed by atoms with E-state index >= 15 is 0 Å². The highest BCUT2D eigenvalue weighted by Gasteiger charge is 2.22. The van der Waals surface area contributed by atoms with Gasteiger partial charge in [-0.25, -0.2) is 44.9 Å². The molecule has 13 aromatic rings. The molecule has 13 rings (SSSR count). The highest BCUT2D eigenvalue weighted by Crippen LogP contribution is 2.40. The molecule has 0 saturated heterocycles. The molecule has 0 bridgehead atoms. The Labute approximate surface area is 456 Å². The van der Waals surface area contributed by atoms with Crippen LogP contribution in [0.15, 0.2) is 183 Å². The van der Waals surface area contributed by atoms with E-state index in [1.807, 2.05) is 50.1 Å². The Bertz CT molecular complexity index is 3930. The zero-order valence-corrected chi connectivity index (χ0v) is 43.0. The van der Waals surface area contributed by atoms with Crippen molar-refractivity contribution in [2.24, 2.45) is 0 Å². The minimum atomic E-state index is 0.502. The van der Waals surface area contributed by atoms with Crippen LogP contribution in [0.2, 0.25) is 30.1 Å². The molecule has 0 radical (unpaired) electrons. The van der Waals surface area contributed by atoms with Gasteiger partial charge in [0.05, 0.1) is 33.7 Å². The molecule has 6 heterocycles. The summed E-state index contributed by atoms with van der Waals surface area (Å²) in [7, 11) is 0. The number of fused-ring (bicyclic) bond motifs is 3. The van der Waals surface area contributed by atoms with Gasteiger partial charge >= 0.3 is 0 Å². The van der Waals surface area contributed by atoms with E-state index in [0.29, 0.717) is 97.8 Å². The molecule has 0 fully saturated rings. The molecule has 0 unspecified atom stereocenters. The van der Waals surface area contributed by atoms with Gasteiger partial charge in [0, 0.05) is 48.8 Å². The van der Waals surface area contributed by atoms with Crippen molar-refractivity contribution in [1.82, 2.24) is 58.6 Å². The summed E-state index contributed by atoms with van der Waals surface area (Å²) in [6, 6.07) is 47.3. The van der Waals surface area contributed by atoms with Gasteiger partial charge in [-0.3, -0.25) is 13.7 Å². The minimum absolute atomic E-state index is 0.502. The van der Waals surface area contributed by atoms with Crippen molar-refractivity contribution in [2.75, 3.05) is 0 Å². The van der Waals surface area contributed by atoms with Crippen LogP contribution in [0.25, 0.3) is 118 Å². The lowest BCUT2D eigenvalue weighted by Gasteiger charge is -2.15. The Morgan fingerprint density at radius 3 is 0.853 bits per heavy atom. The van der Waals surface area contributed by atoms with Crippen molar-refractivity contribution in [2.45, 2.75) is 0 Å². The largest absolute Gasteiger partial charge is 0.289 e. The Hall–Kier alpha value is -8.07. The second kappa shape index (κ2) is 19.0. The summed E-state index contributed by atoms with van der Waals surface area (Å²) in [6.45, 7) is 0. The summed E-state index contributed by atoms with van der Waals surface area (Å²) in [4.78, 5) is 41.0. The minimum Gasteiger partial charge on any atom is -0.289 e. The lowest BCUT2D eigenvalue weighted by molar-refractivity contribution is 1.10. The maximum absolute atomic E-state index is 6.77. The fourth-order valence-electron chi connectivity index (χ4n) is 9.34. The topological polar surface area (TPSA) is 131 Å². The maximum atomic E-state index is 6.77. The van der Waals surface area contributed by atoms with Crippen molar-refractivity contribution < 1.29 is 0 Å². The Morgan fingerprint density at radius 1 is 0.293 bits per heavy atom. The summed E-state index contributed by atoms with van der Waals surface area (Å²) >= 11 is 39.8.